The van der Waals surface area contributed by atoms with Gasteiger partial charge in [0, 0.05) is 6.42 Å². The van der Waals surface area contributed by atoms with Crippen molar-refractivity contribution in [1.82, 2.24) is 10.2 Å². The molecule has 1 saturated heterocycles. The number of ether oxygens (including phenoxy) is 1. The van der Waals surface area contributed by atoms with Gasteiger partial charge in [0.1, 0.15) is 6.04 Å². The Labute approximate surface area is 226 Å². The summed E-state index contributed by atoms with van der Waals surface area (Å²) in [5, 5.41) is 13.8. The van der Waals surface area contributed by atoms with Gasteiger partial charge in [-0.1, -0.05) is 82.2 Å². The fourth-order valence-corrected chi connectivity index (χ4v) is 5.67. The van der Waals surface area contributed by atoms with Gasteiger partial charge in [0.15, 0.2) is 6.10 Å². The van der Waals surface area contributed by atoms with E-state index in [1.807, 2.05) is 37.3 Å². The average Bonchev–Trinajstić information content (AvgIpc) is 3.16. The Hall–Kier alpha value is -2.74. The van der Waals surface area contributed by atoms with E-state index < -0.39 is 42.1 Å². The van der Waals surface area contributed by atoms with E-state index in [4.69, 9.17) is 4.74 Å². The van der Waals surface area contributed by atoms with Gasteiger partial charge in [-0.25, -0.2) is 4.79 Å². The quantitative estimate of drug-likeness (QED) is 0.296. The Morgan fingerprint density at radius 1 is 1.11 bits per heavy atom. The van der Waals surface area contributed by atoms with Crippen molar-refractivity contribution in [2.45, 2.75) is 116 Å². The van der Waals surface area contributed by atoms with Gasteiger partial charge in [-0.3, -0.25) is 19.3 Å². The third-order valence-corrected chi connectivity index (χ3v) is 7.66. The fourth-order valence-electron chi connectivity index (χ4n) is 5.67. The van der Waals surface area contributed by atoms with Crippen molar-refractivity contribution in [3.05, 3.63) is 35.9 Å². The van der Waals surface area contributed by atoms with Crippen molar-refractivity contribution in [3.8, 4) is 0 Å². The van der Waals surface area contributed by atoms with Crippen LogP contribution in [0.25, 0.3) is 0 Å². The van der Waals surface area contributed by atoms with E-state index in [1.54, 1.807) is 13.8 Å². The van der Waals surface area contributed by atoms with Crippen LogP contribution in [0, 0.1) is 11.8 Å². The first-order chi connectivity index (χ1) is 18.2. The lowest BCUT2D eigenvalue weighted by Crippen LogP contribution is -2.56. The number of aliphatic hydroxyl groups is 1. The van der Waals surface area contributed by atoms with E-state index in [0.717, 1.165) is 49.0 Å². The molecule has 4 atom stereocenters. The molecule has 8 heteroatoms. The maximum absolute atomic E-state index is 13.7. The van der Waals surface area contributed by atoms with E-state index in [1.165, 1.54) is 0 Å². The predicted molar refractivity (Wildman–Crippen MR) is 144 cm³/mol. The van der Waals surface area contributed by atoms with Crippen LogP contribution in [0.3, 0.4) is 0 Å². The maximum atomic E-state index is 13.7. The van der Waals surface area contributed by atoms with E-state index in [9.17, 15) is 24.3 Å². The lowest BCUT2D eigenvalue weighted by molar-refractivity contribution is -0.160. The summed E-state index contributed by atoms with van der Waals surface area (Å²) >= 11 is 0. The highest BCUT2D eigenvalue weighted by Crippen LogP contribution is 2.30. The van der Waals surface area contributed by atoms with Crippen LogP contribution in [0.4, 0.5) is 0 Å². The van der Waals surface area contributed by atoms with Crippen LogP contribution in [0.1, 0.15) is 90.5 Å². The van der Waals surface area contributed by atoms with Gasteiger partial charge < -0.3 is 15.2 Å². The van der Waals surface area contributed by atoms with E-state index in [0.29, 0.717) is 25.7 Å². The zero-order valence-corrected chi connectivity index (χ0v) is 23.1. The molecule has 2 fully saturated rings. The second-order valence-corrected chi connectivity index (χ2v) is 11.1. The molecule has 2 aliphatic rings. The molecule has 0 bridgehead atoms. The van der Waals surface area contributed by atoms with Crippen LogP contribution >= 0.6 is 0 Å². The molecule has 8 nitrogen and oxygen atoms in total. The van der Waals surface area contributed by atoms with Crippen molar-refractivity contribution < 1.29 is 29.0 Å². The Morgan fingerprint density at radius 3 is 2.42 bits per heavy atom. The van der Waals surface area contributed by atoms with Gasteiger partial charge in [-0.2, -0.15) is 0 Å². The van der Waals surface area contributed by atoms with Crippen LogP contribution in [0.2, 0.25) is 0 Å². The number of hydrogen-bond acceptors (Lipinski definition) is 6. The lowest BCUT2D eigenvalue weighted by atomic mass is 9.83. The SMILES string of the molecule is CCCC[C@@H](C(=O)N[C@@H](CC1CCCCC1)[C@@H](O)C(=O)OC(C)C)N1C(=O)CC(Cc2ccccc2)C1=O. The monoisotopic (exact) mass is 528 g/mol. The number of imide groups is 1. The summed E-state index contributed by atoms with van der Waals surface area (Å²) in [6.45, 7) is 5.39. The van der Waals surface area contributed by atoms with Crippen LogP contribution in [-0.2, 0) is 30.3 Å². The number of unbranched alkanes of at least 4 members (excludes halogenated alkanes) is 1. The molecule has 0 spiro atoms. The molecule has 3 rings (SSSR count). The number of rotatable bonds is 13. The number of benzene rings is 1. The standard InChI is InChI=1S/C30H44N2O6/c1-4-5-16-25(32-26(33)19-23(29(32)36)17-21-12-8-6-9-13-21)28(35)31-24(18-22-14-10-7-11-15-22)27(34)30(37)38-20(2)3/h6,8-9,12-13,20,22-25,27,34H,4-5,7,10-11,14-19H2,1-3H3,(H,31,35)/t23?,24-,25-,27+/m0/s1. The molecule has 1 aromatic carbocycles. The zero-order chi connectivity index (χ0) is 27.7. The van der Waals surface area contributed by atoms with Gasteiger partial charge in [0.25, 0.3) is 0 Å². The highest BCUT2D eigenvalue weighted by molar-refractivity contribution is 6.07. The maximum Gasteiger partial charge on any atom is 0.337 e. The fraction of sp³-hybridized carbons (Fsp3) is 0.667. The van der Waals surface area contributed by atoms with Crippen LogP contribution in [0.5, 0.6) is 0 Å². The summed E-state index contributed by atoms with van der Waals surface area (Å²) < 4.78 is 5.23. The van der Waals surface area contributed by atoms with Crippen molar-refractivity contribution in [2.75, 3.05) is 0 Å². The number of likely N-dealkylation sites (tertiary alicyclic amines) is 1. The highest BCUT2D eigenvalue weighted by Gasteiger charge is 2.45. The Morgan fingerprint density at radius 2 is 1.79 bits per heavy atom. The summed E-state index contributed by atoms with van der Waals surface area (Å²) in [7, 11) is 0. The second kappa shape index (κ2) is 14.4. The largest absolute Gasteiger partial charge is 0.461 e. The van der Waals surface area contributed by atoms with Gasteiger partial charge in [-0.05, 0) is 44.6 Å². The second-order valence-electron chi connectivity index (χ2n) is 11.1. The van der Waals surface area contributed by atoms with Crippen LogP contribution in [0.15, 0.2) is 30.3 Å². The Bertz CT molecular complexity index is 943. The molecule has 0 aromatic heterocycles. The minimum atomic E-state index is -1.52. The molecule has 210 valence electrons. The minimum absolute atomic E-state index is 0.0679. The first kappa shape index (κ1) is 29.8. The molecular formula is C30H44N2O6. The number of esters is 1. The molecule has 1 aliphatic carbocycles. The normalized spacial score (nSPS) is 20.9. The molecule has 2 N–H and O–H groups in total. The van der Waals surface area contributed by atoms with Crippen LogP contribution < -0.4 is 5.32 Å². The van der Waals surface area contributed by atoms with E-state index in [-0.39, 0.29) is 24.2 Å². The Kier molecular flexibility index (Phi) is 11.3. The van der Waals surface area contributed by atoms with E-state index >= 15 is 0 Å². The van der Waals surface area contributed by atoms with Gasteiger partial charge in [-0.15, -0.1) is 0 Å². The number of carbonyl (C=O) groups excluding carboxylic acids is 4. The summed E-state index contributed by atoms with van der Waals surface area (Å²) in [6.07, 6.45) is 6.08. The molecule has 1 saturated carbocycles. The first-order valence-corrected chi connectivity index (χ1v) is 14.3. The van der Waals surface area contributed by atoms with Crippen molar-refractivity contribution in [1.29, 1.82) is 0 Å². The zero-order valence-electron chi connectivity index (χ0n) is 23.1. The number of nitrogens with one attached hydrogen (secondary N) is 1. The lowest BCUT2D eigenvalue weighted by Gasteiger charge is -2.32. The van der Waals surface area contributed by atoms with Crippen molar-refractivity contribution >= 4 is 23.7 Å². The average molecular weight is 529 g/mol. The number of amides is 3. The van der Waals surface area contributed by atoms with Gasteiger partial charge in [0.2, 0.25) is 17.7 Å². The molecule has 1 heterocycles. The summed E-state index contributed by atoms with van der Waals surface area (Å²) in [4.78, 5) is 53.9. The van der Waals surface area contributed by atoms with E-state index in [2.05, 4.69) is 5.32 Å². The molecule has 3 amide bonds. The van der Waals surface area contributed by atoms with Gasteiger partial charge in [0.05, 0.1) is 18.1 Å². The molecular weight excluding hydrogens is 484 g/mol. The molecule has 0 radical (unpaired) electrons. The number of carbonyl (C=O) groups is 4. The first-order valence-electron chi connectivity index (χ1n) is 14.3. The third-order valence-electron chi connectivity index (χ3n) is 7.66. The number of nitrogens with zero attached hydrogens (tertiary/aromatic N) is 1. The molecule has 1 aromatic rings. The number of hydrogen-bond donors (Lipinski definition) is 2. The van der Waals surface area contributed by atoms with Crippen LogP contribution in [-0.4, -0.2) is 58.0 Å². The minimum Gasteiger partial charge on any atom is -0.461 e. The summed E-state index contributed by atoms with van der Waals surface area (Å²) in [5.41, 5.74) is 0.967. The third kappa shape index (κ3) is 8.13. The smallest absolute Gasteiger partial charge is 0.337 e. The molecule has 1 aliphatic heterocycles. The summed E-state index contributed by atoms with van der Waals surface area (Å²) in [6, 6.07) is 7.72. The molecule has 38 heavy (non-hydrogen) atoms. The summed E-state index contributed by atoms with van der Waals surface area (Å²) in [5.74, 6) is -2.20. The van der Waals surface area contributed by atoms with Crippen molar-refractivity contribution in [3.63, 3.8) is 0 Å². The highest BCUT2D eigenvalue weighted by atomic mass is 16.6. The topological polar surface area (TPSA) is 113 Å². The van der Waals surface area contributed by atoms with Crippen molar-refractivity contribution in [2.24, 2.45) is 11.8 Å². The number of aliphatic hydroxyl groups excluding tert-OH is 1. The molecule has 1 unspecified atom stereocenters. The van der Waals surface area contributed by atoms with Gasteiger partial charge >= 0.3 is 5.97 Å². The predicted octanol–water partition coefficient (Wildman–Crippen LogP) is 3.93. The Balaban J connectivity index is 1.78.